The normalized spacial score (nSPS) is 17.9. The fourth-order valence-corrected chi connectivity index (χ4v) is 2.83. The molecule has 1 N–H and O–H groups in total. The van der Waals surface area contributed by atoms with Gasteiger partial charge in [0.05, 0.1) is 11.9 Å². The number of aryl methyl sites for hydroxylation is 1. The zero-order valence-electron chi connectivity index (χ0n) is 12.6. The molecule has 1 saturated heterocycles. The summed E-state index contributed by atoms with van der Waals surface area (Å²) in [4.78, 5) is 14.0. The molecule has 1 amide bonds. The molecule has 2 heterocycles. The molecule has 2 aromatic rings. The number of amides is 1. The van der Waals surface area contributed by atoms with Crippen molar-refractivity contribution in [2.45, 2.75) is 19.3 Å². The van der Waals surface area contributed by atoms with E-state index < -0.39 is 0 Å². The molecular weight excluding hydrogens is 278 g/mol. The molecule has 1 aliphatic rings. The van der Waals surface area contributed by atoms with Crippen molar-refractivity contribution in [3.8, 4) is 5.69 Å². The Morgan fingerprint density at radius 1 is 1.32 bits per heavy atom. The average Bonchev–Trinajstić information content (AvgIpc) is 3.22. The van der Waals surface area contributed by atoms with Gasteiger partial charge in [0.2, 0.25) is 5.91 Å². The summed E-state index contributed by atoms with van der Waals surface area (Å²) >= 11 is 0. The van der Waals surface area contributed by atoms with Crippen molar-refractivity contribution in [2.75, 3.05) is 19.7 Å². The molecule has 1 unspecified atom stereocenters. The number of carbonyl (C=O) groups is 1. The molecule has 1 aromatic heterocycles. The molecule has 5 heteroatoms. The van der Waals surface area contributed by atoms with Crippen LogP contribution in [-0.2, 0) is 11.2 Å². The van der Waals surface area contributed by atoms with Gasteiger partial charge in [0.1, 0.15) is 0 Å². The zero-order valence-corrected chi connectivity index (χ0v) is 12.6. The summed E-state index contributed by atoms with van der Waals surface area (Å²) in [5, 5.41) is 13.5. The van der Waals surface area contributed by atoms with Gasteiger partial charge in [0.25, 0.3) is 0 Å². The van der Waals surface area contributed by atoms with E-state index in [0.717, 1.165) is 24.2 Å². The van der Waals surface area contributed by atoms with Crippen molar-refractivity contribution in [2.24, 2.45) is 5.92 Å². The van der Waals surface area contributed by atoms with Gasteiger partial charge in [-0.3, -0.25) is 4.79 Å². The Balaban J connectivity index is 1.54. The molecule has 0 aliphatic carbocycles. The Bertz CT molecular complexity index is 624. The zero-order chi connectivity index (χ0) is 15.4. The van der Waals surface area contributed by atoms with E-state index in [1.165, 1.54) is 0 Å². The Morgan fingerprint density at radius 2 is 2.14 bits per heavy atom. The molecule has 3 rings (SSSR count). The van der Waals surface area contributed by atoms with E-state index in [4.69, 9.17) is 5.11 Å². The minimum atomic E-state index is 0.170. The van der Waals surface area contributed by atoms with Crippen molar-refractivity contribution < 1.29 is 9.90 Å². The minimum Gasteiger partial charge on any atom is -0.396 e. The van der Waals surface area contributed by atoms with Crippen molar-refractivity contribution in [3.05, 3.63) is 48.3 Å². The predicted molar refractivity (Wildman–Crippen MR) is 83.7 cm³/mol. The molecule has 22 heavy (non-hydrogen) atoms. The molecule has 5 nitrogen and oxygen atoms in total. The smallest absolute Gasteiger partial charge is 0.222 e. The van der Waals surface area contributed by atoms with Crippen LogP contribution < -0.4 is 0 Å². The lowest BCUT2D eigenvalue weighted by Gasteiger charge is -2.15. The first-order chi connectivity index (χ1) is 10.8. The highest BCUT2D eigenvalue weighted by molar-refractivity contribution is 5.76. The first kappa shape index (κ1) is 14.8. The average molecular weight is 299 g/mol. The van der Waals surface area contributed by atoms with Crippen LogP contribution in [0.5, 0.6) is 0 Å². The third kappa shape index (κ3) is 3.36. The molecule has 1 aliphatic heterocycles. The summed E-state index contributed by atoms with van der Waals surface area (Å²) in [5.74, 6) is 0.424. The highest BCUT2D eigenvalue weighted by Crippen LogP contribution is 2.17. The second kappa shape index (κ2) is 6.75. The first-order valence-electron chi connectivity index (χ1n) is 7.74. The Labute approximate surface area is 130 Å². The highest BCUT2D eigenvalue weighted by Gasteiger charge is 2.25. The van der Waals surface area contributed by atoms with Gasteiger partial charge in [-0.05, 0) is 30.5 Å². The number of hydrogen-bond acceptors (Lipinski definition) is 3. The lowest BCUT2D eigenvalue weighted by Crippen LogP contribution is -2.29. The number of carbonyl (C=O) groups excluding carboxylic acids is 1. The molecular formula is C17H21N3O2. The van der Waals surface area contributed by atoms with Gasteiger partial charge in [0.15, 0.2) is 0 Å². The monoisotopic (exact) mass is 299 g/mol. The molecule has 0 radical (unpaired) electrons. The lowest BCUT2D eigenvalue weighted by molar-refractivity contribution is -0.130. The number of aliphatic hydroxyl groups is 1. The van der Waals surface area contributed by atoms with Crippen LogP contribution >= 0.6 is 0 Å². The number of likely N-dealkylation sites (tertiary alicyclic amines) is 1. The largest absolute Gasteiger partial charge is 0.396 e. The van der Waals surface area contributed by atoms with Gasteiger partial charge in [-0.15, -0.1) is 0 Å². The van der Waals surface area contributed by atoms with E-state index in [0.29, 0.717) is 19.4 Å². The summed E-state index contributed by atoms with van der Waals surface area (Å²) in [6, 6.07) is 9.93. The van der Waals surface area contributed by atoms with Crippen LogP contribution in [0.1, 0.15) is 18.4 Å². The van der Waals surface area contributed by atoms with E-state index in [-0.39, 0.29) is 18.4 Å². The van der Waals surface area contributed by atoms with E-state index >= 15 is 0 Å². The third-order valence-corrected chi connectivity index (χ3v) is 4.18. The third-order valence-electron chi connectivity index (χ3n) is 4.18. The SMILES string of the molecule is O=C(CCc1cnn(-c2ccccc2)c1)N1CCC(CO)C1. The van der Waals surface area contributed by atoms with Crippen molar-refractivity contribution in [1.29, 1.82) is 0 Å². The van der Waals surface area contributed by atoms with E-state index in [2.05, 4.69) is 5.10 Å². The lowest BCUT2D eigenvalue weighted by atomic mass is 10.1. The Kier molecular flexibility index (Phi) is 4.53. The van der Waals surface area contributed by atoms with Gasteiger partial charge in [-0.1, -0.05) is 18.2 Å². The second-order valence-corrected chi connectivity index (χ2v) is 5.81. The molecule has 116 valence electrons. The second-order valence-electron chi connectivity index (χ2n) is 5.81. The van der Waals surface area contributed by atoms with Gasteiger partial charge in [-0.25, -0.2) is 4.68 Å². The quantitative estimate of drug-likeness (QED) is 0.913. The van der Waals surface area contributed by atoms with E-state index in [1.54, 1.807) is 0 Å². The summed E-state index contributed by atoms with van der Waals surface area (Å²) in [6.07, 6.45) is 5.91. The van der Waals surface area contributed by atoms with E-state index in [9.17, 15) is 4.79 Å². The number of para-hydroxylation sites is 1. The summed E-state index contributed by atoms with van der Waals surface area (Å²) in [5.41, 5.74) is 2.08. The van der Waals surface area contributed by atoms with Crippen LogP contribution in [0.4, 0.5) is 0 Å². The molecule has 1 fully saturated rings. The van der Waals surface area contributed by atoms with Gasteiger partial charge >= 0.3 is 0 Å². The fraction of sp³-hybridized carbons (Fsp3) is 0.412. The van der Waals surface area contributed by atoms with Crippen LogP contribution in [0, 0.1) is 5.92 Å². The minimum absolute atomic E-state index is 0.170. The number of rotatable bonds is 5. The molecule has 1 atom stereocenters. The molecule has 0 saturated carbocycles. The maximum atomic E-state index is 12.2. The van der Waals surface area contributed by atoms with Crippen LogP contribution in [0.15, 0.2) is 42.7 Å². The Morgan fingerprint density at radius 3 is 2.86 bits per heavy atom. The van der Waals surface area contributed by atoms with Crippen molar-refractivity contribution in [1.82, 2.24) is 14.7 Å². The summed E-state index contributed by atoms with van der Waals surface area (Å²) < 4.78 is 1.83. The number of aliphatic hydroxyl groups excluding tert-OH is 1. The first-order valence-corrected chi connectivity index (χ1v) is 7.74. The Hall–Kier alpha value is -2.14. The van der Waals surface area contributed by atoms with Crippen LogP contribution in [0.25, 0.3) is 5.69 Å². The predicted octanol–water partition coefficient (Wildman–Crippen LogP) is 1.65. The van der Waals surface area contributed by atoms with Crippen molar-refractivity contribution in [3.63, 3.8) is 0 Å². The standard InChI is InChI=1S/C17H21N3O2/c21-13-15-8-9-19(11-15)17(22)7-6-14-10-18-20(12-14)16-4-2-1-3-5-16/h1-5,10,12,15,21H,6-9,11,13H2. The molecule has 0 bridgehead atoms. The number of benzene rings is 1. The highest BCUT2D eigenvalue weighted by atomic mass is 16.3. The maximum absolute atomic E-state index is 12.2. The van der Waals surface area contributed by atoms with Gasteiger partial charge in [0, 0.05) is 38.2 Å². The number of nitrogens with zero attached hydrogens (tertiary/aromatic N) is 3. The summed E-state index contributed by atoms with van der Waals surface area (Å²) in [6.45, 7) is 1.64. The molecule has 0 spiro atoms. The fourth-order valence-electron chi connectivity index (χ4n) is 2.83. The molecule has 1 aromatic carbocycles. The van der Waals surface area contributed by atoms with Gasteiger partial charge in [-0.2, -0.15) is 5.10 Å². The van der Waals surface area contributed by atoms with E-state index in [1.807, 2.05) is 52.3 Å². The van der Waals surface area contributed by atoms with Gasteiger partial charge < -0.3 is 10.0 Å². The maximum Gasteiger partial charge on any atom is 0.222 e. The number of hydrogen-bond donors (Lipinski definition) is 1. The van der Waals surface area contributed by atoms with Crippen LogP contribution in [0.2, 0.25) is 0 Å². The van der Waals surface area contributed by atoms with Crippen LogP contribution in [-0.4, -0.2) is 45.4 Å². The number of aromatic nitrogens is 2. The van der Waals surface area contributed by atoms with Crippen molar-refractivity contribution >= 4 is 5.91 Å². The van der Waals surface area contributed by atoms with Crippen LogP contribution in [0.3, 0.4) is 0 Å². The summed E-state index contributed by atoms with van der Waals surface area (Å²) in [7, 11) is 0. The topological polar surface area (TPSA) is 58.4 Å².